The second kappa shape index (κ2) is 6.39. The number of hydrogen-bond donors (Lipinski definition) is 1. The highest BCUT2D eigenvalue weighted by molar-refractivity contribution is 5.31. The molecule has 0 bridgehead atoms. The average Bonchev–Trinajstić information content (AvgIpc) is 2.45. The number of rotatable bonds is 5. The molecule has 1 unspecified atom stereocenters. The lowest BCUT2D eigenvalue weighted by Gasteiger charge is -2.15. The SMILES string of the molecule is COc1ccc(CC(CO)c2cccc(C)c2)cc1. The van der Waals surface area contributed by atoms with Crippen LogP contribution in [-0.2, 0) is 6.42 Å². The van der Waals surface area contributed by atoms with Gasteiger partial charge >= 0.3 is 0 Å². The fraction of sp³-hybridized carbons (Fsp3) is 0.294. The maximum Gasteiger partial charge on any atom is 0.118 e. The number of hydrogen-bond acceptors (Lipinski definition) is 2. The van der Waals surface area contributed by atoms with E-state index >= 15 is 0 Å². The minimum absolute atomic E-state index is 0.147. The Hall–Kier alpha value is -1.80. The quantitative estimate of drug-likeness (QED) is 0.889. The standard InChI is InChI=1S/C17H20O2/c1-13-4-3-5-15(10-13)16(12-18)11-14-6-8-17(19-2)9-7-14/h3-10,16,18H,11-12H2,1-2H3. The molecule has 100 valence electrons. The van der Waals surface area contributed by atoms with Crippen molar-refractivity contribution in [3.63, 3.8) is 0 Å². The number of benzene rings is 2. The molecule has 0 aliphatic heterocycles. The fourth-order valence-corrected chi connectivity index (χ4v) is 2.26. The van der Waals surface area contributed by atoms with Crippen LogP contribution in [-0.4, -0.2) is 18.8 Å². The molecule has 2 nitrogen and oxygen atoms in total. The fourth-order valence-electron chi connectivity index (χ4n) is 2.26. The summed E-state index contributed by atoms with van der Waals surface area (Å²) in [7, 11) is 1.66. The van der Waals surface area contributed by atoms with E-state index in [1.807, 2.05) is 18.2 Å². The normalized spacial score (nSPS) is 12.2. The predicted molar refractivity (Wildman–Crippen MR) is 77.7 cm³/mol. The third kappa shape index (κ3) is 3.58. The molecule has 0 aliphatic rings. The molecule has 2 heteroatoms. The molecule has 0 amide bonds. The van der Waals surface area contributed by atoms with Crippen LogP contribution in [0.2, 0.25) is 0 Å². The molecular weight excluding hydrogens is 236 g/mol. The van der Waals surface area contributed by atoms with E-state index in [0.29, 0.717) is 0 Å². The molecule has 2 aromatic carbocycles. The van der Waals surface area contributed by atoms with E-state index in [1.54, 1.807) is 7.11 Å². The van der Waals surface area contributed by atoms with Crippen molar-refractivity contribution in [1.29, 1.82) is 0 Å². The maximum absolute atomic E-state index is 9.61. The van der Waals surface area contributed by atoms with E-state index in [4.69, 9.17) is 4.74 Å². The Kier molecular flexibility index (Phi) is 4.58. The highest BCUT2D eigenvalue weighted by Gasteiger charge is 2.11. The summed E-state index contributed by atoms with van der Waals surface area (Å²) >= 11 is 0. The molecule has 0 saturated heterocycles. The number of ether oxygens (including phenoxy) is 1. The van der Waals surface area contributed by atoms with Gasteiger partial charge in [-0.2, -0.15) is 0 Å². The number of methoxy groups -OCH3 is 1. The summed E-state index contributed by atoms with van der Waals surface area (Å²) in [5, 5.41) is 9.61. The molecule has 0 radical (unpaired) electrons. The zero-order valence-corrected chi connectivity index (χ0v) is 11.5. The van der Waals surface area contributed by atoms with Crippen LogP contribution < -0.4 is 4.74 Å². The van der Waals surface area contributed by atoms with Crippen molar-refractivity contribution in [2.75, 3.05) is 13.7 Å². The second-order valence-electron chi connectivity index (χ2n) is 4.85. The van der Waals surface area contributed by atoms with Crippen LogP contribution in [0.1, 0.15) is 22.6 Å². The first-order chi connectivity index (χ1) is 9.22. The average molecular weight is 256 g/mol. The van der Waals surface area contributed by atoms with E-state index in [2.05, 4.69) is 37.3 Å². The summed E-state index contributed by atoms with van der Waals surface area (Å²) in [6.07, 6.45) is 0.837. The lowest BCUT2D eigenvalue weighted by molar-refractivity contribution is 0.264. The molecule has 0 fully saturated rings. The van der Waals surface area contributed by atoms with E-state index in [0.717, 1.165) is 12.2 Å². The highest BCUT2D eigenvalue weighted by atomic mass is 16.5. The molecule has 0 aliphatic carbocycles. The minimum Gasteiger partial charge on any atom is -0.497 e. The van der Waals surface area contributed by atoms with Crippen LogP contribution in [0.4, 0.5) is 0 Å². The molecule has 2 rings (SSSR count). The zero-order chi connectivity index (χ0) is 13.7. The molecular formula is C17H20O2. The Morgan fingerprint density at radius 2 is 1.84 bits per heavy atom. The van der Waals surface area contributed by atoms with E-state index in [-0.39, 0.29) is 12.5 Å². The molecule has 0 heterocycles. The Labute approximate surface area is 114 Å². The van der Waals surface area contributed by atoms with Crippen molar-refractivity contribution in [2.45, 2.75) is 19.3 Å². The van der Waals surface area contributed by atoms with Gasteiger partial charge in [-0.25, -0.2) is 0 Å². The molecule has 0 spiro atoms. The molecule has 1 N–H and O–H groups in total. The van der Waals surface area contributed by atoms with Gasteiger partial charge in [0.05, 0.1) is 13.7 Å². The van der Waals surface area contributed by atoms with Crippen molar-refractivity contribution in [2.24, 2.45) is 0 Å². The lowest BCUT2D eigenvalue weighted by atomic mass is 9.92. The van der Waals surface area contributed by atoms with Crippen molar-refractivity contribution in [3.8, 4) is 5.75 Å². The molecule has 19 heavy (non-hydrogen) atoms. The van der Waals surface area contributed by atoms with Crippen molar-refractivity contribution in [1.82, 2.24) is 0 Å². The van der Waals surface area contributed by atoms with Gasteiger partial charge in [0.25, 0.3) is 0 Å². The second-order valence-corrected chi connectivity index (χ2v) is 4.85. The third-order valence-corrected chi connectivity index (χ3v) is 3.38. The van der Waals surface area contributed by atoms with Gasteiger partial charge < -0.3 is 9.84 Å². The molecule has 1 atom stereocenters. The van der Waals surface area contributed by atoms with E-state index in [1.165, 1.54) is 16.7 Å². The summed E-state index contributed by atoms with van der Waals surface area (Å²) in [5.74, 6) is 1.01. The van der Waals surface area contributed by atoms with Crippen LogP contribution in [0.3, 0.4) is 0 Å². The first-order valence-corrected chi connectivity index (χ1v) is 6.53. The number of aryl methyl sites for hydroxylation is 1. The zero-order valence-electron chi connectivity index (χ0n) is 11.5. The van der Waals surface area contributed by atoms with Gasteiger partial charge in [-0.1, -0.05) is 42.0 Å². The van der Waals surface area contributed by atoms with Crippen LogP contribution in [0.15, 0.2) is 48.5 Å². The number of aliphatic hydroxyl groups is 1. The first kappa shape index (κ1) is 13.6. The van der Waals surface area contributed by atoms with Gasteiger partial charge in [-0.05, 0) is 36.6 Å². The van der Waals surface area contributed by atoms with E-state index < -0.39 is 0 Å². The van der Waals surface area contributed by atoms with Crippen LogP contribution in [0.5, 0.6) is 5.75 Å². The minimum atomic E-state index is 0.147. The van der Waals surface area contributed by atoms with Crippen molar-refractivity contribution >= 4 is 0 Å². The summed E-state index contributed by atoms with van der Waals surface area (Å²) in [4.78, 5) is 0. The van der Waals surface area contributed by atoms with Crippen molar-refractivity contribution in [3.05, 3.63) is 65.2 Å². The summed E-state index contributed by atoms with van der Waals surface area (Å²) in [5.41, 5.74) is 3.63. The van der Waals surface area contributed by atoms with Gasteiger partial charge in [-0.15, -0.1) is 0 Å². The van der Waals surface area contributed by atoms with Gasteiger partial charge in [0.2, 0.25) is 0 Å². The Morgan fingerprint density at radius 3 is 2.42 bits per heavy atom. The lowest BCUT2D eigenvalue weighted by Crippen LogP contribution is -2.08. The topological polar surface area (TPSA) is 29.5 Å². The third-order valence-electron chi connectivity index (χ3n) is 3.38. The monoisotopic (exact) mass is 256 g/mol. The smallest absolute Gasteiger partial charge is 0.118 e. The van der Waals surface area contributed by atoms with Crippen molar-refractivity contribution < 1.29 is 9.84 Å². The summed E-state index contributed by atoms with van der Waals surface area (Å²) in [6, 6.07) is 16.4. The van der Waals surface area contributed by atoms with Gasteiger partial charge in [0.15, 0.2) is 0 Å². The van der Waals surface area contributed by atoms with E-state index in [9.17, 15) is 5.11 Å². The Balaban J connectivity index is 2.14. The first-order valence-electron chi connectivity index (χ1n) is 6.53. The summed E-state index contributed by atoms with van der Waals surface area (Å²) < 4.78 is 5.15. The maximum atomic E-state index is 9.61. The largest absolute Gasteiger partial charge is 0.497 e. The Morgan fingerprint density at radius 1 is 1.11 bits per heavy atom. The molecule has 2 aromatic rings. The van der Waals surface area contributed by atoms with Crippen LogP contribution in [0, 0.1) is 6.92 Å². The Bertz CT molecular complexity index is 517. The highest BCUT2D eigenvalue weighted by Crippen LogP contribution is 2.22. The van der Waals surface area contributed by atoms with Gasteiger partial charge in [0, 0.05) is 5.92 Å². The molecule has 0 aromatic heterocycles. The van der Waals surface area contributed by atoms with Gasteiger partial charge in [-0.3, -0.25) is 0 Å². The molecule has 0 saturated carbocycles. The summed E-state index contributed by atoms with van der Waals surface area (Å²) in [6.45, 7) is 2.24. The van der Waals surface area contributed by atoms with Crippen LogP contribution in [0.25, 0.3) is 0 Å². The predicted octanol–water partition coefficient (Wildman–Crippen LogP) is 3.32. The number of aliphatic hydroxyl groups excluding tert-OH is 1. The van der Waals surface area contributed by atoms with Gasteiger partial charge in [0.1, 0.15) is 5.75 Å². The van der Waals surface area contributed by atoms with Crippen LogP contribution >= 0.6 is 0 Å².